The van der Waals surface area contributed by atoms with Crippen molar-refractivity contribution in [2.45, 2.75) is 52.1 Å². The monoisotopic (exact) mass is 418 g/mol. The third-order valence-electron chi connectivity index (χ3n) is 6.19. The topological polar surface area (TPSA) is 51.5 Å². The minimum absolute atomic E-state index is 0.181. The van der Waals surface area contributed by atoms with Crippen molar-refractivity contribution in [3.05, 3.63) is 75.6 Å². The maximum Gasteiger partial charge on any atom is 0.263 e. The van der Waals surface area contributed by atoms with Gasteiger partial charge in [0.2, 0.25) is 0 Å². The molecule has 1 amide bonds. The normalized spacial score (nSPS) is 13.3. The maximum atomic E-state index is 13.5. The predicted molar refractivity (Wildman–Crippen MR) is 124 cm³/mol. The van der Waals surface area contributed by atoms with Crippen molar-refractivity contribution in [3.8, 4) is 5.75 Å². The Hall–Kier alpha value is -3.08. The van der Waals surface area contributed by atoms with Crippen molar-refractivity contribution in [2.24, 2.45) is 0 Å². The highest BCUT2D eigenvalue weighted by molar-refractivity contribution is 5.97. The van der Waals surface area contributed by atoms with E-state index in [0.29, 0.717) is 25.4 Å². The zero-order chi connectivity index (χ0) is 21.8. The molecule has 0 bridgehead atoms. The average molecular weight is 419 g/mol. The molecule has 5 heteroatoms. The van der Waals surface area contributed by atoms with Crippen LogP contribution < -0.4 is 10.3 Å². The molecule has 31 heavy (non-hydrogen) atoms. The molecule has 0 unspecified atom stereocenters. The highest BCUT2D eigenvalue weighted by Crippen LogP contribution is 2.23. The molecule has 0 aliphatic carbocycles. The fourth-order valence-electron chi connectivity index (χ4n) is 4.39. The van der Waals surface area contributed by atoms with Crippen LogP contribution in [0.15, 0.2) is 53.3 Å². The summed E-state index contributed by atoms with van der Waals surface area (Å²) in [6.07, 6.45) is 5.07. The number of benzene rings is 2. The van der Waals surface area contributed by atoms with Gasteiger partial charge in [-0.1, -0.05) is 50.5 Å². The number of unbranched alkanes of at least 4 members (excludes halogenated alkanes) is 3. The maximum absolute atomic E-state index is 13.5. The van der Waals surface area contributed by atoms with Crippen LogP contribution >= 0.6 is 0 Å². The van der Waals surface area contributed by atoms with Crippen molar-refractivity contribution in [1.82, 2.24) is 9.47 Å². The van der Waals surface area contributed by atoms with Gasteiger partial charge < -0.3 is 14.2 Å². The van der Waals surface area contributed by atoms with E-state index < -0.39 is 0 Å². The quantitative estimate of drug-likeness (QED) is 0.519. The van der Waals surface area contributed by atoms with Crippen LogP contribution in [0.5, 0.6) is 5.75 Å². The molecule has 0 saturated heterocycles. The van der Waals surface area contributed by atoms with E-state index in [9.17, 15) is 9.59 Å². The third-order valence-corrected chi connectivity index (χ3v) is 6.19. The Morgan fingerprint density at radius 1 is 1.03 bits per heavy atom. The standard InChI is InChI=1S/C26H30N2O3/c1-3-4-5-8-14-28-24-17-22(31-2)12-11-20(24)16-23(26(28)30)25(29)27-15-13-19-9-6-7-10-21(19)18-27/h6-7,9-12,16-17H,3-5,8,13-15,18H2,1-2H3. The molecule has 3 aromatic rings. The number of hydrogen-bond acceptors (Lipinski definition) is 3. The van der Waals surface area contributed by atoms with Gasteiger partial charge in [-0.15, -0.1) is 0 Å². The fourth-order valence-corrected chi connectivity index (χ4v) is 4.39. The average Bonchev–Trinajstić information content (AvgIpc) is 2.81. The molecular formula is C26H30N2O3. The van der Waals surface area contributed by atoms with E-state index in [2.05, 4.69) is 19.1 Å². The molecule has 0 atom stereocenters. The molecule has 0 fully saturated rings. The second-order valence-electron chi connectivity index (χ2n) is 8.25. The number of carbonyl (C=O) groups excluding carboxylic acids is 1. The van der Waals surface area contributed by atoms with Gasteiger partial charge in [-0.25, -0.2) is 0 Å². The second kappa shape index (κ2) is 9.38. The molecule has 162 valence electrons. The number of rotatable bonds is 7. The van der Waals surface area contributed by atoms with Crippen LogP contribution in [0.3, 0.4) is 0 Å². The Morgan fingerprint density at radius 3 is 2.61 bits per heavy atom. The van der Waals surface area contributed by atoms with Crippen LogP contribution in [-0.4, -0.2) is 29.0 Å². The summed E-state index contributed by atoms with van der Waals surface area (Å²) in [7, 11) is 1.62. The highest BCUT2D eigenvalue weighted by Gasteiger charge is 2.25. The van der Waals surface area contributed by atoms with E-state index in [4.69, 9.17) is 4.74 Å². The van der Waals surface area contributed by atoms with E-state index in [-0.39, 0.29) is 17.0 Å². The van der Waals surface area contributed by atoms with Crippen molar-refractivity contribution in [2.75, 3.05) is 13.7 Å². The van der Waals surface area contributed by atoms with E-state index >= 15 is 0 Å². The summed E-state index contributed by atoms with van der Waals surface area (Å²) in [6, 6.07) is 15.7. The Kier molecular flexibility index (Phi) is 6.40. The van der Waals surface area contributed by atoms with Crippen LogP contribution in [-0.2, 0) is 19.5 Å². The molecule has 2 heterocycles. The number of methoxy groups -OCH3 is 1. The number of ether oxygens (including phenoxy) is 1. The van der Waals surface area contributed by atoms with Crippen molar-refractivity contribution in [3.63, 3.8) is 0 Å². The molecule has 0 saturated carbocycles. The van der Waals surface area contributed by atoms with Gasteiger partial charge in [-0.05, 0) is 47.6 Å². The van der Waals surface area contributed by atoms with Gasteiger partial charge in [-0.3, -0.25) is 9.59 Å². The van der Waals surface area contributed by atoms with Gasteiger partial charge in [0.15, 0.2) is 0 Å². The smallest absolute Gasteiger partial charge is 0.263 e. The number of fused-ring (bicyclic) bond motifs is 2. The lowest BCUT2D eigenvalue weighted by atomic mass is 9.99. The molecule has 4 rings (SSSR count). The lowest BCUT2D eigenvalue weighted by molar-refractivity contribution is 0.0732. The number of hydrogen-bond donors (Lipinski definition) is 0. The van der Waals surface area contributed by atoms with E-state index in [1.807, 2.05) is 30.3 Å². The summed E-state index contributed by atoms with van der Waals surface area (Å²) in [6.45, 7) is 3.95. The van der Waals surface area contributed by atoms with Crippen LogP contribution in [0.1, 0.15) is 54.1 Å². The number of pyridine rings is 1. The SMILES string of the molecule is CCCCCCn1c(=O)c(C(=O)N2CCc3ccccc3C2)cc2ccc(OC)cc21. The van der Waals surface area contributed by atoms with Gasteiger partial charge in [-0.2, -0.15) is 0 Å². The molecule has 5 nitrogen and oxygen atoms in total. The van der Waals surface area contributed by atoms with Gasteiger partial charge in [0, 0.05) is 25.7 Å². The molecule has 0 spiro atoms. The summed E-state index contributed by atoms with van der Waals surface area (Å²) in [5, 5.41) is 0.886. The summed E-state index contributed by atoms with van der Waals surface area (Å²) in [5.41, 5.74) is 3.31. The van der Waals surface area contributed by atoms with Crippen LogP contribution in [0.2, 0.25) is 0 Å². The van der Waals surface area contributed by atoms with E-state index in [0.717, 1.165) is 48.6 Å². The molecular weight excluding hydrogens is 388 g/mol. The van der Waals surface area contributed by atoms with Crippen molar-refractivity contribution in [1.29, 1.82) is 0 Å². The first kappa shape index (κ1) is 21.2. The first-order valence-corrected chi connectivity index (χ1v) is 11.2. The zero-order valence-electron chi connectivity index (χ0n) is 18.4. The van der Waals surface area contributed by atoms with E-state index in [1.165, 1.54) is 5.56 Å². The predicted octanol–water partition coefficient (Wildman–Crippen LogP) is 4.79. The summed E-state index contributed by atoms with van der Waals surface area (Å²) in [5.74, 6) is 0.528. The molecule has 1 aliphatic rings. The summed E-state index contributed by atoms with van der Waals surface area (Å²) in [4.78, 5) is 28.7. The lowest BCUT2D eigenvalue weighted by Gasteiger charge is -2.29. The number of amides is 1. The summed E-state index contributed by atoms with van der Waals surface area (Å²) < 4.78 is 7.14. The van der Waals surface area contributed by atoms with Gasteiger partial charge >= 0.3 is 0 Å². The second-order valence-corrected chi connectivity index (χ2v) is 8.25. The van der Waals surface area contributed by atoms with Gasteiger partial charge in [0.25, 0.3) is 11.5 Å². The number of carbonyl (C=O) groups is 1. The van der Waals surface area contributed by atoms with Crippen molar-refractivity contribution >= 4 is 16.8 Å². The van der Waals surface area contributed by atoms with Crippen molar-refractivity contribution < 1.29 is 9.53 Å². The number of aromatic nitrogens is 1. The Bertz CT molecular complexity index is 1150. The zero-order valence-corrected chi connectivity index (χ0v) is 18.4. The van der Waals surface area contributed by atoms with E-state index in [1.54, 1.807) is 22.6 Å². The molecule has 2 aromatic carbocycles. The van der Waals surface area contributed by atoms with Crippen LogP contribution in [0, 0.1) is 0 Å². The first-order chi connectivity index (χ1) is 15.1. The fraction of sp³-hybridized carbons (Fsp3) is 0.385. The Balaban J connectivity index is 1.71. The third kappa shape index (κ3) is 4.36. The molecule has 0 radical (unpaired) electrons. The van der Waals surface area contributed by atoms with Gasteiger partial charge in [0.05, 0.1) is 12.6 Å². The minimum atomic E-state index is -0.207. The number of aryl methyl sites for hydroxylation is 1. The molecule has 1 aromatic heterocycles. The summed E-state index contributed by atoms with van der Waals surface area (Å²) >= 11 is 0. The van der Waals surface area contributed by atoms with Crippen LogP contribution in [0.4, 0.5) is 0 Å². The first-order valence-electron chi connectivity index (χ1n) is 11.2. The minimum Gasteiger partial charge on any atom is -0.497 e. The highest BCUT2D eigenvalue weighted by atomic mass is 16.5. The lowest BCUT2D eigenvalue weighted by Crippen LogP contribution is -2.39. The Morgan fingerprint density at radius 2 is 1.84 bits per heavy atom. The largest absolute Gasteiger partial charge is 0.497 e. The molecule has 0 N–H and O–H groups in total. The molecule has 1 aliphatic heterocycles. The number of nitrogens with zero attached hydrogens (tertiary/aromatic N) is 2. The van der Waals surface area contributed by atoms with Crippen LogP contribution in [0.25, 0.3) is 10.9 Å². The van der Waals surface area contributed by atoms with Gasteiger partial charge in [0.1, 0.15) is 11.3 Å². The Labute approximate surface area is 183 Å².